The molecule has 4 nitrogen and oxygen atoms in total. The molecule has 0 aliphatic rings. The van der Waals surface area contributed by atoms with E-state index >= 15 is 0 Å². The number of rotatable bonds is 5. The molecule has 0 spiro atoms. The second kappa shape index (κ2) is 7.48. The van der Waals surface area contributed by atoms with Gasteiger partial charge in [-0.15, -0.1) is 0 Å². The Morgan fingerprint density at radius 2 is 1.83 bits per heavy atom. The fourth-order valence-corrected chi connectivity index (χ4v) is 1.44. The highest BCUT2D eigenvalue weighted by Gasteiger charge is 2.14. The Morgan fingerprint density at radius 3 is 2.44 bits per heavy atom. The Balaban J connectivity index is 2.27. The van der Waals surface area contributed by atoms with E-state index in [0.29, 0.717) is 6.54 Å². The molecule has 2 N–H and O–H groups in total. The fraction of sp³-hybridized carbons (Fsp3) is 0.429. The van der Waals surface area contributed by atoms with Gasteiger partial charge in [0.05, 0.1) is 0 Å². The summed E-state index contributed by atoms with van der Waals surface area (Å²) in [5.41, 5.74) is 1.14. The molecule has 0 saturated heterocycles. The summed E-state index contributed by atoms with van der Waals surface area (Å²) in [5.74, 6) is -1.12. The predicted molar refractivity (Wildman–Crippen MR) is 71.1 cm³/mol. The molecule has 0 aliphatic heterocycles. The van der Waals surface area contributed by atoms with Crippen molar-refractivity contribution in [2.45, 2.75) is 32.7 Å². The number of nitrogens with one attached hydrogen (secondary N) is 2. The van der Waals surface area contributed by atoms with Gasteiger partial charge < -0.3 is 10.6 Å². The normalized spacial score (nSPS) is 11.7. The third-order valence-corrected chi connectivity index (χ3v) is 2.74. The van der Waals surface area contributed by atoms with Crippen LogP contribution in [-0.2, 0) is 16.0 Å². The predicted octanol–water partition coefficient (Wildman–Crippen LogP) is 1.26. The lowest BCUT2D eigenvalue weighted by molar-refractivity contribution is -0.139. The van der Waals surface area contributed by atoms with Crippen molar-refractivity contribution in [3.05, 3.63) is 35.9 Å². The van der Waals surface area contributed by atoms with Gasteiger partial charge in [0.2, 0.25) is 0 Å². The van der Waals surface area contributed by atoms with Crippen molar-refractivity contribution in [1.82, 2.24) is 10.6 Å². The molecule has 0 radical (unpaired) electrons. The highest BCUT2D eigenvalue weighted by molar-refractivity contribution is 6.35. The number of carbonyl (C=O) groups is 2. The summed E-state index contributed by atoms with van der Waals surface area (Å²) in [6.07, 6.45) is 1.53. The maximum atomic E-state index is 11.5. The van der Waals surface area contributed by atoms with Crippen LogP contribution in [0.3, 0.4) is 0 Å². The Kier molecular flexibility index (Phi) is 5.91. The van der Waals surface area contributed by atoms with Crippen molar-refractivity contribution in [3.8, 4) is 0 Å². The van der Waals surface area contributed by atoms with E-state index in [4.69, 9.17) is 0 Å². The summed E-state index contributed by atoms with van der Waals surface area (Å²) in [4.78, 5) is 22.9. The number of hydrogen-bond donors (Lipinski definition) is 2. The molecule has 0 aromatic heterocycles. The van der Waals surface area contributed by atoms with Gasteiger partial charge in [-0.05, 0) is 25.3 Å². The Bertz CT molecular complexity index is 390. The van der Waals surface area contributed by atoms with Gasteiger partial charge in [0, 0.05) is 12.6 Å². The molecule has 0 heterocycles. The molecule has 4 heteroatoms. The average molecular weight is 248 g/mol. The van der Waals surface area contributed by atoms with Crippen molar-refractivity contribution in [3.63, 3.8) is 0 Å². The van der Waals surface area contributed by atoms with Crippen molar-refractivity contribution in [1.29, 1.82) is 0 Å². The van der Waals surface area contributed by atoms with E-state index in [9.17, 15) is 9.59 Å². The topological polar surface area (TPSA) is 58.2 Å². The van der Waals surface area contributed by atoms with Gasteiger partial charge in [0.15, 0.2) is 0 Å². The Labute approximate surface area is 108 Å². The minimum atomic E-state index is -0.564. The zero-order valence-corrected chi connectivity index (χ0v) is 10.9. The third kappa shape index (κ3) is 4.99. The second-order valence-corrected chi connectivity index (χ2v) is 4.27. The molecule has 18 heavy (non-hydrogen) atoms. The van der Waals surface area contributed by atoms with E-state index in [2.05, 4.69) is 10.6 Å². The van der Waals surface area contributed by atoms with Crippen LogP contribution >= 0.6 is 0 Å². The first-order chi connectivity index (χ1) is 8.63. The van der Waals surface area contributed by atoms with Gasteiger partial charge >= 0.3 is 11.8 Å². The summed E-state index contributed by atoms with van der Waals surface area (Å²) in [6, 6.07) is 9.86. The molecule has 0 bridgehead atoms. The number of benzene rings is 1. The lowest BCUT2D eigenvalue weighted by Crippen LogP contribution is -2.43. The minimum Gasteiger partial charge on any atom is -0.348 e. The number of amides is 2. The van der Waals surface area contributed by atoms with Crippen LogP contribution in [0.15, 0.2) is 30.3 Å². The van der Waals surface area contributed by atoms with Gasteiger partial charge in [-0.2, -0.15) is 0 Å². The number of hydrogen-bond acceptors (Lipinski definition) is 2. The van der Waals surface area contributed by atoms with E-state index in [1.807, 2.05) is 44.2 Å². The van der Waals surface area contributed by atoms with Gasteiger partial charge in [-0.3, -0.25) is 9.59 Å². The van der Waals surface area contributed by atoms with Crippen LogP contribution in [0.5, 0.6) is 0 Å². The average Bonchev–Trinajstić information content (AvgIpc) is 2.39. The highest BCUT2D eigenvalue weighted by atomic mass is 16.2. The minimum absolute atomic E-state index is 0.0253. The van der Waals surface area contributed by atoms with Crippen LogP contribution in [0.1, 0.15) is 25.8 Å². The number of carbonyl (C=O) groups excluding carboxylic acids is 2. The molecular weight excluding hydrogens is 228 g/mol. The molecule has 2 amide bonds. The SMILES string of the molecule is CC[C@@H](C)NC(=O)C(=O)NCCc1ccccc1. The Morgan fingerprint density at radius 1 is 1.17 bits per heavy atom. The van der Waals surface area contributed by atoms with Crippen LogP contribution in [0.4, 0.5) is 0 Å². The lowest BCUT2D eigenvalue weighted by atomic mass is 10.1. The molecule has 98 valence electrons. The molecule has 1 aromatic carbocycles. The van der Waals surface area contributed by atoms with E-state index < -0.39 is 11.8 Å². The summed E-state index contributed by atoms with van der Waals surface area (Å²) in [7, 11) is 0. The fourth-order valence-electron chi connectivity index (χ4n) is 1.44. The van der Waals surface area contributed by atoms with Crippen molar-refractivity contribution < 1.29 is 9.59 Å². The molecule has 1 aromatic rings. The van der Waals surface area contributed by atoms with Crippen molar-refractivity contribution >= 4 is 11.8 Å². The zero-order chi connectivity index (χ0) is 13.4. The second-order valence-electron chi connectivity index (χ2n) is 4.27. The summed E-state index contributed by atoms with van der Waals surface area (Å²) >= 11 is 0. The van der Waals surface area contributed by atoms with Crippen molar-refractivity contribution in [2.24, 2.45) is 0 Å². The largest absolute Gasteiger partial charge is 0.348 e. The van der Waals surface area contributed by atoms with Crippen LogP contribution in [0, 0.1) is 0 Å². The van der Waals surface area contributed by atoms with Crippen molar-refractivity contribution in [2.75, 3.05) is 6.54 Å². The van der Waals surface area contributed by atoms with Gasteiger partial charge in [0.25, 0.3) is 0 Å². The van der Waals surface area contributed by atoms with Crippen LogP contribution in [-0.4, -0.2) is 24.4 Å². The monoisotopic (exact) mass is 248 g/mol. The van der Waals surface area contributed by atoms with E-state index in [-0.39, 0.29) is 6.04 Å². The standard InChI is InChI=1S/C14H20N2O2/c1-3-11(2)16-14(18)13(17)15-10-9-12-7-5-4-6-8-12/h4-8,11H,3,9-10H2,1-2H3,(H,15,17)(H,16,18)/t11-/m1/s1. The molecule has 0 fully saturated rings. The van der Waals surface area contributed by atoms with E-state index in [1.54, 1.807) is 0 Å². The highest BCUT2D eigenvalue weighted by Crippen LogP contribution is 1.98. The van der Waals surface area contributed by atoms with Gasteiger partial charge in [0.1, 0.15) is 0 Å². The smallest absolute Gasteiger partial charge is 0.309 e. The molecule has 1 rings (SSSR count). The summed E-state index contributed by atoms with van der Waals surface area (Å²) in [5, 5.41) is 5.24. The van der Waals surface area contributed by atoms with Crippen LogP contribution in [0.2, 0.25) is 0 Å². The molecular formula is C14H20N2O2. The van der Waals surface area contributed by atoms with Crippen LogP contribution in [0.25, 0.3) is 0 Å². The summed E-state index contributed by atoms with van der Waals surface area (Å²) < 4.78 is 0. The zero-order valence-electron chi connectivity index (χ0n) is 10.9. The quantitative estimate of drug-likeness (QED) is 0.771. The maximum Gasteiger partial charge on any atom is 0.309 e. The first-order valence-corrected chi connectivity index (χ1v) is 6.26. The first kappa shape index (κ1) is 14.2. The van der Waals surface area contributed by atoms with Crippen LogP contribution < -0.4 is 10.6 Å². The molecule has 1 atom stereocenters. The maximum absolute atomic E-state index is 11.5. The molecule has 0 aliphatic carbocycles. The van der Waals surface area contributed by atoms with E-state index in [1.165, 1.54) is 0 Å². The summed E-state index contributed by atoms with van der Waals surface area (Å²) in [6.45, 7) is 4.30. The third-order valence-electron chi connectivity index (χ3n) is 2.74. The van der Waals surface area contributed by atoms with E-state index in [0.717, 1.165) is 18.4 Å². The Hall–Kier alpha value is -1.84. The first-order valence-electron chi connectivity index (χ1n) is 6.26. The van der Waals surface area contributed by atoms with Gasteiger partial charge in [-0.25, -0.2) is 0 Å². The lowest BCUT2D eigenvalue weighted by Gasteiger charge is -2.11. The molecule has 0 unspecified atom stereocenters. The van der Waals surface area contributed by atoms with Gasteiger partial charge in [-0.1, -0.05) is 37.3 Å². The molecule has 0 saturated carbocycles.